The molecular formula is C21H17F2N5O2. The molecule has 1 aromatic carbocycles. The molecule has 3 fully saturated rings. The number of ether oxygens (including phenoxy) is 1. The van der Waals surface area contributed by atoms with Crippen LogP contribution in [0, 0.1) is 33.8 Å². The number of hydrazone groups is 1. The highest BCUT2D eigenvalue weighted by molar-refractivity contribution is 5.88. The molecule has 1 atom stereocenters. The Hall–Kier alpha value is -3.41. The van der Waals surface area contributed by atoms with Crippen molar-refractivity contribution in [3.8, 4) is 11.9 Å². The van der Waals surface area contributed by atoms with Gasteiger partial charge in [-0.15, -0.1) is 0 Å². The van der Waals surface area contributed by atoms with E-state index in [2.05, 4.69) is 15.1 Å². The summed E-state index contributed by atoms with van der Waals surface area (Å²) in [6.07, 6.45) is 6.48. The summed E-state index contributed by atoms with van der Waals surface area (Å²) in [5.74, 6) is -1.20. The van der Waals surface area contributed by atoms with Crippen LogP contribution in [0.3, 0.4) is 0 Å². The lowest BCUT2D eigenvalue weighted by Crippen LogP contribution is -2.69. The van der Waals surface area contributed by atoms with E-state index < -0.39 is 23.1 Å². The van der Waals surface area contributed by atoms with Gasteiger partial charge in [-0.05, 0) is 31.4 Å². The summed E-state index contributed by atoms with van der Waals surface area (Å²) in [5, 5.41) is 14.1. The summed E-state index contributed by atoms with van der Waals surface area (Å²) in [7, 11) is 0. The van der Waals surface area contributed by atoms with Crippen molar-refractivity contribution < 1.29 is 18.3 Å². The molecular weight excluding hydrogens is 392 g/mol. The van der Waals surface area contributed by atoms with Crippen LogP contribution in [0.25, 0.3) is 0 Å². The lowest BCUT2D eigenvalue weighted by molar-refractivity contribution is -0.227. The molecule has 1 aromatic heterocycles. The van der Waals surface area contributed by atoms with Gasteiger partial charge in [-0.3, -0.25) is 4.79 Å². The van der Waals surface area contributed by atoms with Crippen molar-refractivity contribution in [2.75, 3.05) is 6.61 Å². The smallest absolute Gasteiger partial charge is 0.249 e. The van der Waals surface area contributed by atoms with E-state index in [0.717, 1.165) is 0 Å². The molecule has 0 N–H and O–H groups in total. The second-order valence-corrected chi connectivity index (χ2v) is 8.29. The van der Waals surface area contributed by atoms with Crippen LogP contribution in [0.15, 0.2) is 35.7 Å². The van der Waals surface area contributed by atoms with E-state index in [0.29, 0.717) is 31.7 Å². The monoisotopic (exact) mass is 409 g/mol. The van der Waals surface area contributed by atoms with Crippen molar-refractivity contribution in [2.45, 2.75) is 31.7 Å². The number of amides is 1. The molecule has 9 heteroatoms. The van der Waals surface area contributed by atoms with Gasteiger partial charge in [0.05, 0.1) is 30.5 Å². The molecule has 6 rings (SSSR count). The SMILES string of the molecule is N#Cc1cnc(OCC23CC(C(=O)N4N=CCC4c4c(F)cccc4F)(C2)C3)cn1. The maximum atomic E-state index is 14.2. The first-order valence-electron chi connectivity index (χ1n) is 9.60. The van der Waals surface area contributed by atoms with Gasteiger partial charge >= 0.3 is 0 Å². The number of halogens is 2. The van der Waals surface area contributed by atoms with E-state index in [1.165, 1.54) is 41.8 Å². The molecule has 4 aliphatic rings. The first kappa shape index (κ1) is 18.6. The van der Waals surface area contributed by atoms with E-state index in [1.54, 1.807) is 0 Å². The Morgan fingerprint density at radius 3 is 2.60 bits per heavy atom. The zero-order valence-electron chi connectivity index (χ0n) is 15.9. The minimum Gasteiger partial charge on any atom is -0.476 e. The fraction of sp³-hybridized carbons (Fsp3) is 0.381. The second-order valence-electron chi connectivity index (χ2n) is 8.29. The van der Waals surface area contributed by atoms with Crippen molar-refractivity contribution in [1.82, 2.24) is 15.0 Å². The predicted molar refractivity (Wildman–Crippen MR) is 100 cm³/mol. The molecule has 0 radical (unpaired) electrons. The second kappa shape index (κ2) is 6.55. The van der Waals surface area contributed by atoms with Crippen molar-refractivity contribution in [3.63, 3.8) is 0 Å². The van der Waals surface area contributed by atoms with Crippen molar-refractivity contribution in [3.05, 3.63) is 53.5 Å². The predicted octanol–water partition coefficient (Wildman–Crippen LogP) is 3.13. The van der Waals surface area contributed by atoms with E-state index >= 15 is 0 Å². The summed E-state index contributed by atoms with van der Waals surface area (Å²) in [4.78, 5) is 21.1. The van der Waals surface area contributed by atoms with Crippen LogP contribution in [0.2, 0.25) is 0 Å². The van der Waals surface area contributed by atoms with Gasteiger partial charge in [-0.1, -0.05) is 6.07 Å². The molecule has 2 heterocycles. The van der Waals surface area contributed by atoms with Crippen LogP contribution in [0.1, 0.15) is 43.0 Å². The van der Waals surface area contributed by atoms with Gasteiger partial charge in [0.2, 0.25) is 11.8 Å². The van der Waals surface area contributed by atoms with E-state index in [9.17, 15) is 13.6 Å². The van der Waals surface area contributed by atoms with Gasteiger partial charge < -0.3 is 4.74 Å². The first-order valence-corrected chi connectivity index (χ1v) is 9.60. The van der Waals surface area contributed by atoms with Crippen LogP contribution in [-0.2, 0) is 4.79 Å². The number of carbonyl (C=O) groups is 1. The summed E-state index contributed by atoms with van der Waals surface area (Å²) >= 11 is 0. The van der Waals surface area contributed by atoms with Gasteiger partial charge in [-0.25, -0.2) is 23.8 Å². The third-order valence-electron chi connectivity index (χ3n) is 6.23. The number of nitrogens with zero attached hydrogens (tertiary/aromatic N) is 5. The van der Waals surface area contributed by atoms with Crippen LogP contribution in [0.4, 0.5) is 8.78 Å². The highest BCUT2D eigenvalue weighted by Crippen LogP contribution is 2.74. The van der Waals surface area contributed by atoms with Crippen LogP contribution in [0.5, 0.6) is 5.88 Å². The van der Waals surface area contributed by atoms with Crippen LogP contribution in [-0.4, -0.2) is 33.7 Å². The number of nitriles is 1. The zero-order chi connectivity index (χ0) is 20.9. The van der Waals surface area contributed by atoms with E-state index in [-0.39, 0.29) is 29.0 Å². The minimum absolute atomic E-state index is 0.104. The van der Waals surface area contributed by atoms with Gasteiger partial charge in [0.15, 0.2) is 5.69 Å². The van der Waals surface area contributed by atoms with Crippen molar-refractivity contribution >= 4 is 12.1 Å². The maximum Gasteiger partial charge on any atom is 0.249 e. The van der Waals surface area contributed by atoms with E-state index in [1.807, 2.05) is 6.07 Å². The Balaban J connectivity index is 1.23. The van der Waals surface area contributed by atoms with Crippen LogP contribution < -0.4 is 4.74 Å². The highest BCUT2D eigenvalue weighted by Gasteiger charge is 2.73. The molecule has 7 nitrogen and oxygen atoms in total. The van der Waals surface area contributed by atoms with Gasteiger partial charge in [0.1, 0.15) is 17.7 Å². The molecule has 30 heavy (non-hydrogen) atoms. The normalized spacial score (nSPS) is 28.4. The minimum atomic E-state index is -0.756. The molecule has 2 aromatic rings. The molecule has 2 bridgehead atoms. The Morgan fingerprint density at radius 1 is 1.23 bits per heavy atom. The lowest BCUT2D eigenvalue weighted by Gasteiger charge is -2.69. The van der Waals surface area contributed by atoms with Gasteiger partial charge in [-0.2, -0.15) is 10.4 Å². The fourth-order valence-corrected chi connectivity index (χ4v) is 4.98. The number of benzene rings is 1. The molecule has 3 aliphatic carbocycles. The Morgan fingerprint density at radius 2 is 1.97 bits per heavy atom. The Labute approximate surface area is 171 Å². The molecule has 152 valence electrons. The number of hydrogen-bond donors (Lipinski definition) is 0. The van der Waals surface area contributed by atoms with Crippen LogP contribution >= 0.6 is 0 Å². The average molecular weight is 409 g/mol. The van der Waals surface area contributed by atoms with Crippen molar-refractivity contribution in [2.24, 2.45) is 15.9 Å². The highest BCUT2D eigenvalue weighted by atomic mass is 19.1. The third kappa shape index (κ3) is 2.75. The molecule has 0 saturated heterocycles. The molecule has 1 aliphatic heterocycles. The summed E-state index contributed by atoms with van der Waals surface area (Å²) < 4.78 is 34.2. The van der Waals surface area contributed by atoms with Crippen molar-refractivity contribution in [1.29, 1.82) is 5.26 Å². The average Bonchev–Trinajstić information content (AvgIpc) is 3.15. The number of carbonyl (C=O) groups excluding carboxylic acids is 1. The first-order chi connectivity index (χ1) is 14.5. The van der Waals surface area contributed by atoms with Gasteiger partial charge in [0, 0.05) is 23.6 Å². The molecule has 0 spiro atoms. The third-order valence-corrected chi connectivity index (χ3v) is 6.23. The molecule has 1 amide bonds. The Kier molecular flexibility index (Phi) is 4.07. The summed E-state index contributed by atoms with van der Waals surface area (Å²) in [6.45, 7) is 0.400. The number of hydrogen-bond acceptors (Lipinski definition) is 6. The Bertz CT molecular complexity index is 1060. The zero-order valence-corrected chi connectivity index (χ0v) is 15.9. The summed E-state index contributed by atoms with van der Waals surface area (Å²) in [5.41, 5.74) is -0.550. The van der Waals surface area contributed by atoms with E-state index in [4.69, 9.17) is 10.00 Å². The number of aromatic nitrogens is 2. The summed E-state index contributed by atoms with van der Waals surface area (Å²) in [6, 6.07) is 4.83. The lowest BCUT2D eigenvalue weighted by atomic mass is 9.35. The number of rotatable bonds is 5. The fourth-order valence-electron chi connectivity index (χ4n) is 4.98. The molecule has 1 unspecified atom stereocenters. The molecule has 3 saturated carbocycles. The standard InChI is InChI=1S/C21H17F2N5O2/c22-14-2-1-3-15(23)18(14)16-4-5-27-28(16)19(29)21-9-20(10-21,11-21)12-30-17-8-25-13(6-24)7-26-17/h1-3,5,7-8,16H,4,9-12H2. The topological polar surface area (TPSA) is 91.5 Å². The largest absolute Gasteiger partial charge is 0.476 e. The van der Waals surface area contributed by atoms with Gasteiger partial charge in [0.25, 0.3) is 0 Å². The quantitative estimate of drug-likeness (QED) is 0.757. The maximum absolute atomic E-state index is 14.2.